The molecule has 0 unspecified atom stereocenters. The summed E-state index contributed by atoms with van der Waals surface area (Å²) in [4.78, 5) is 12.7. The molecule has 29 heavy (non-hydrogen) atoms. The van der Waals surface area contributed by atoms with E-state index in [0.717, 1.165) is 22.5 Å². The highest BCUT2D eigenvalue weighted by atomic mass is 32.2. The highest BCUT2D eigenvalue weighted by molar-refractivity contribution is 7.98. The van der Waals surface area contributed by atoms with Gasteiger partial charge in [0.1, 0.15) is 0 Å². The van der Waals surface area contributed by atoms with Gasteiger partial charge in [-0.05, 0) is 34.9 Å². The largest absolute Gasteiger partial charge is 0.481 e. The van der Waals surface area contributed by atoms with Gasteiger partial charge in [0.05, 0.1) is 11.9 Å². The molecule has 3 nitrogen and oxygen atoms in total. The summed E-state index contributed by atoms with van der Waals surface area (Å²) in [5.41, 5.74) is 5.70. The lowest BCUT2D eigenvalue weighted by Crippen LogP contribution is -2.06. The first-order chi connectivity index (χ1) is 14.0. The summed E-state index contributed by atoms with van der Waals surface area (Å²) >= 11 is 1.64. The van der Waals surface area contributed by atoms with E-state index in [0.29, 0.717) is 5.92 Å². The van der Waals surface area contributed by atoms with Crippen LogP contribution in [0.5, 0.6) is 0 Å². The van der Waals surface area contributed by atoms with Gasteiger partial charge >= 0.3 is 5.97 Å². The molecule has 0 aliphatic carbocycles. The molecule has 148 valence electrons. The third-order valence-electron chi connectivity index (χ3n) is 5.45. The first-order valence-electron chi connectivity index (χ1n) is 9.87. The summed E-state index contributed by atoms with van der Waals surface area (Å²) in [7, 11) is 0. The van der Waals surface area contributed by atoms with Gasteiger partial charge in [-0.1, -0.05) is 68.4 Å². The number of carboxylic acids is 1. The average Bonchev–Trinajstić information content (AvgIpc) is 3.02. The maximum atomic E-state index is 11.6. The fourth-order valence-corrected chi connectivity index (χ4v) is 5.02. The normalized spacial score (nSPS) is 11.6. The van der Waals surface area contributed by atoms with Crippen molar-refractivity contribution in [2.75, 3.05) is 6.26 Å². The zero-order valence-corrected chi connectivity index (χ0v) is 17.8. The van der Waals surface area contributed by atoms with Crippen LogP contribution < -0.4 is 0 Å². The number of para-hydroxylation sites is 1. The molecule has 0 aliphatic heterocycles. The molecule has 0 amide bonds. The second-order valence-corrected chi connectivity index (χ2v) is 8.51. The SMILES string of the molecule is CSc1c(CC(=O)O)cc(C(C)C)c2c3ccccc3n(Cc3ccccc3)c12. The van der Waals surface area contributed by atoms with Gasteiger partial charge in [-0.15, -0.1) is 11.8 Å². The lowest BCUT2D eigenvalue weighted by atomic mass is 9.94. The van der Waals surface area contributed by atoms with Crippen molar-refractivity contribution in [3.63, 3.8) is 0 Å². The number of carbonyl (C=O) groups is 1. The third kappa shape index (κ3) is 3.53. The molecular weight excluding hydrogens is 378 g/mol. The Hall–Kier alpha value is -2.72. The van der Waals surface area contributed by atoms with Crippen molar-refractivity contribution in [1.82, 2.24) is 4.57 Å². The highest BCUT2D eigenvalue weighted by Crippen LogP contribution is 2.42. The van der Waals surface area contributed by atoms with E-state index in [4.69, 9.17) is 0 Å². The molecule has 0 saturated heterocycles. The van der Waals surface area contributed by atoms with Gasteiger partial charge in [0.25, 0.3) is 0 Å². The van der Waals surface area contributed by atoms with Crippen LogP contribution in [-0.2, 0) is 17.8 Å². The molecule has 4 aromatic rings. The molecule has 0 atom stereocenters. The molecule has 0 saturated carbocycles. The van der Waals surface area contributed by atoms with Crippen molar-refractivity contribution in [1.29, 1.82) is 0 Å². The predicted molar refractivity (Wildman–Crippen MR) is 122 cm³/mol. The maximum absolute atomic E-state index is 11.6. The quantitative estimate of drug-likeness (QED) is 0.383. The molecule has 4 heteroatoms. The number of rotatable bonds is 6. The fourth-order valence-electron chi connectivity index (χ4n) is 4.22. The monoisotopic (exact) mass is 403 g/mol. The Morgan fingerprint density at radius 1 is 1.07 bits per heavy atom. The van der Waals surface area contributed by atoms with Crippen LogP contribution in [0.3, 0.4) is 0 Å². The van der Waals surface area contributed by atoms with Crippen LogP contribution in [0.25, 0.3) is 21.8 Å². The van der Waals surface area contributed by atoms with Crippen LogP contribution in [0.1, 0.15) is 36.5 Å². The molecule has 0 radical (unpaired) electrons. The molecule has 0 fully saturated rings. The summed E-state index contributed by atoms with van der Waals surface area (Å²) in [5, 5.41) is 12.0. The predicted octanol–water partition coefficient (Wildman–Crippen LogP) is 6.32. The van der Waals surface area contributed by atoms with E-state index in [9.17, 15) is 9.90 Å². The Labute approximate surface area is 175 Å². The highest BCUT2D eigenvalue weighted by Gasteiger charge is 2.22. The van der Waals surface area contributed by atoms with Crippen LogP contribution in [0, 0.1) is 0 Å². The van der Waals surface area contributed by atoms with Crippen molar-refractivity contribution >= 4 is 39.5 Å². The van der Waals surface area contributed by atoms with Gasteiger partial charge in [0, 0.05) is 27.7 Å². The van der Waals surface area contributed by atoms with Crippen LogP contribution in [-0.4, -0.2) is 21.9 Å². The van der Waals surface area contributed by atoms with Crippen LogP contribution in [0.4, 0.5) is 0 Å². The topological polar surface area (TPSA) is 42.2 Å². The van der Waals surface area contributed by atoms with E-state index in [1.54, 1.807) is 11.8 Å². The van der Waals surface area contributed by atoms with Gasteiger partial charge in [-0.25, -0.2) is 0 Å². The molecule has 1 heterocycles. The third-order valence-corrected chi connectivity index (χ3v) is 6.31. The van der Waals surface area contributed by atoms with Crippen molar-refractivity contribution < 1.29 is 9.90 Å². The van der Waals surface area contributed by atoms with E-state index < -0.39 is 5.97 Å². The van der Waals surface area contributed by atoms with Gasteiger partial charge in [-0.3, -0.25) is 4.79 Å². The van der Waals surface area contributed by atoms with Crippen LogP contribution >= 0.6 is 11.8 Å². The Bertz CT molecular complexity index is 1190. The number of fused-ring (bicyclic) bond motifs is 3. The van der Waals surface area contributed by atoms with Crippen molar-refractivity contribution in [2.45, 2.75) is 37.6 Å². The Morgan fingerprint density at radius 2 is 1.76 bits per heavy atom. The number of aromatic nitrogens is 1. The van der Waals surface area contributed by atoms with E-state index in [1.807, 2.05) is 12.3 Å². The number of hydrogen-bond acceptors (Lipinski definition) is 2. The molecule has 1 aromatic heterocycles. The molecule has 0 spiro atoms. The number of benzene rings is 3. The number of nitrogens with zero attached hydrogens (tertiary/aromatic N) is 1. The average molecular weight is 404 g/mol. The number of aliphatic carboxylic acids is 1. The minimum atomic E-state index is -0.792. The standard InChI is InChI=1S/C25H25NO2S/c1-16(2)20-13-18(14-22(27)28)25(29-3)24-23(20)19-11-7-8-12-21(19)26(24)15-17-9-5-4-6-10-17/h4-13,16H,14-15H2,1-3H3,(H,27,28). The fraction of sp³-hybridized carbons (Fsp3) is 0.240. The lowest BCUT2D eigenvalue weighted by molar-refractivity contribution is -0.136. The Morgan fingerprint density at radius 3 is 2.41 bits per heavy atom. The molecular formula is C25H25NO2S. The number of carboxylic acid groups (broad SMARTS) is 1. The minimum absolute atomic E-state index is 0.0404. The molecule has 0 aliphatic rings. The Kier molecular flexibility index (Phi) is 5.37. The van der Waals surface area contributed by atoms with E-state index in [-0.39, 0.29) is 6.42 Å². The smallest absolute Gasteiger partial charge is 0.307 e. The molecule has 3 aromatic carbocycles. The number of hydrogen-bond donors (Lipinski definition) is 1. The van der Waals surface area contributed by atoms with Crippen molar-refractivity contribution in [3.05, 3.63) is 77.4 Å². The zero-order valence-electron chi connectivity index (χ0n) is 17.0. The lowest BCUT2D eigenvalue weighted by Gasteiger charge is -2.17. The summed E-state index contributed by atoms with van der Waals surface area (Å²) < 4.78 is 2.36. The summed E-state index contributed by atoms with van der Waals surface area (Å²) in [5.74, 6) is -0.489. The van der Waals surface area contributed by atoms with Crippen molar-refractivity contribution in [3.8, 4) is 0 Å². The first-order valence-corrected chi connectivity index (χ1v) is 11.1. The molecule has 0 bridgehead atoms. The van der Waals surface area contributed by atoms with E-state index >= 15 is 0 Å². The number of thioether (sulfide) groups is 1. The van der Waals surface area contributed by atoms with Gasteiger partial charge in [-0.2, -0.15) is 0 Å². The maximum Gasteiger partial charge on any atom is 0.307 e. The second-order valence-electron chi connectivity index (χ2n) is 7.70. The summed E-state index contributed by atoms with van der Waals surface area (Å²) in [6, 6.07) is 21.1. The van der Waals surface area contributed by atoms with Crippen LogP contribution in [0.2, 0.25) is 0 Å². The second kappa shape index (κ2) is 7.96. The molecule has 1 N–H and O–H groups in total. The van der Waals surface area contributed by atoms with Crippen molar-refractivity contribution in [2.24, 2.45) is 0 Å². The first kappa shape index (κ1) is 19.6. The summed E-state index contributed by atoms with van der Waals surface area (Å²) in [6.45, 7) is 5.12. The zero-order chi connectivity index (χ0) is 20.5. The molecule has 4 rings (SSSR count). The van der Waals surface area contributed by atoms with Gasteiger partial charge < -0.3 is 9.67 Å². The van der Waals surface area contributed by atoms with E-state index in [2.05, 4.69) is 73.0 Å². The van der Waals surface area contributed by atoms with Crippen LogP contribution in [0.15, 0.2) is 65.6 Å². The Balaban J connectivity index is 2.13. The minimum Gasteiger partial charge on any atom is -0.481 e. The van der Waals surface area contributed by atoms with Gasteiger partial charge in [0.2, 0.25) is 0 Å². The van der Waals surface area contributed by atoms with Gasteiger partial charge in [0.15, 0.2) is 0 Å². The summed E-state index contributed by atoms with van der Waals surface area (Å²) in [6.07, 6.45) is 2.08. The van der Waals surface area contributed by atoms with E-state index in [1.165, 1.54) is 27.4 Å².